The molecule has 1 aromatic carbocycles. The van der Waals surface area contributed by atoms with Crippen LogP contribution in [0.4, 0.5) is 5.69 Å². The Balaban J connectivity index is 1.38. The number of hydrogen-bond donors (Lipinski definition) is 1. The summed E-state index contributed by atoms with van der Waals surface area (Å²) in [7, 11) is 0. The minimum Gasteiger partial charge on any atom is -0.490 e. The van der Waals surface area contributed by atoms with Crippen molar-refractivity contribution in [2.75, 3.05) is 31.1 Å². The monoisotopic (exact) mass is 323 g/mol. The van der Waals surface area contributed by atoms with Crippen molar-refractivity contribution in [3.8, 4) is 5.75 Å². The van der Waals surface area contributed by atoms with Crippen molar-refractivity contribution in [1.29, 1.82) is 0 Å². The summed E-state index contributed by atoms with van der Waals surface area (Å²) in [5.74, 6) is 1.49. The van der Waals surface area contributed by atoms with Crippen LogP contribution in [0.3, 0.4) is 0 Å². The van der Waals surface area contributed by atoms with Crippen LogP contribution in [0, 0.1) is 0 Å². The maximum absolute atomic E-state index is 5.95. The van der Waals surface area contributed by atoms with Gasteiger partial charge in [-0.25, -0.2) is 0 Å². The molecule has 1 N–H and O–H groups in total. The highest BCUT2D eigenvalue weighted by molar-refractivity contribution is 5.50. The third-order valence-electron chi connectivity index (χ3n) is 5.14. The second-order valence-corrected chi connectivity index (χ2v) is 6.83. The molecular weight excluding hydrogens is 298 g/mol. The van der Waals surface area contributed by atoms with E-state index in [1.165, 1.54) is 30.5 Å². The van der Waals surface area contributed by atoms with Crippen molar-refractivity contribution < 1.29 is 4.74 Å². The van der Waals surface area contributed by atoms with Gasteiger partial charge in [-0.3, -0.25) is 4.98 Å². The van der Waals surface area contributed by atoms with E-state index in [4.69, 9.17) is 4.74 Å². The van der Waals surface area contributed by atoms with Crippen LogP contribution in [0.25, 0.3) is 0 Å². The van der Waals surface area contributed by atoms with Gasteiger partial charge in [0.05, 0.1) is 18.1 Å². The molecule has 0 saturated carbocycles. The smallest absolute Gasteiger partial charge is 0.139 e. The van der Waals surface area contributed by atoms with E-state index >= 15 is 0 Å². The number of rotatable bonds is 5. The van der Waals surface area contributed by atoms with E-state index in [0.717, 1.165) is 32.0 Å². The van der Waals surface area contributed by atoms with Crippen LogP contribution >= 0.6 is 0 Å². The summed E-state index contributed by atoms with van der Waals surface area (Å²) in [6.07, 6.45) is 7.43. The molecule has 2 unspecified atom stereocenters. The number of aromatic nitrogens is 1. The van der Waals surface area contributed by atoms with Crippen LogP contribution in [-0.2, 0) is 0 Å². The third kappa shape index (κ3) is 3.54. The molecule has 3 heterocycles. The number of hydrogen-bond acceptors (Lipinski definition) is 4. The maximum atomic E-state index is 5.95. The lowest BCUT2D eigenvalue weighted by Gasteiger charge is -2.19. The fourth-order valence-corrected chi connectivity index (χ4v) is 3.75. The predicted octanol–water partition coefficient (Wildman–Crippen LogP) is 3.21. The molecule has 2 aliphatic heterocycles. The SMILES string of the molecule is c1ccc(C2CCN(c3cncc(OCC4CCCN4)c3)C2)cc1. The molecule has 0 amide bonds. The van der Waals surface area contributed by atoms with Crippen LogP contribution in [0.2, 0.25) is 0 Å². The maximum Gasteiger partial charge on any atom is 0.139 e. The van der Waals surface area contributed by atoms with E-state index < -0.39 is 0 Å². The molecular formula is C20H25N3O. The van der Waals surface area contributed by atoms with Gasteiger partial charge in [-0.15, -0.1) is 0 Å². The molecule has 126 valence electrons. The highest BCUT2D eigenvalue weighted by atomic mass is 16.5. The van der Waals surface area contributed by atoms with Gasteiger partial charge < -0.3 is 15.0 Å². The van der Waals surface area contributed by atoms with Crippen LogP contribution in [0.5, 0.6) is 5.75 Å². The summed E-state index contributed by atoms with van der Waals surface area (Å²) in [4.78, 5) is 6.81. The Morgan fingerprint density at radius 2 is 2.08 bits per heavy atom. The van der Waals surface area contributed by atoms with Crippen LogP contribution in [0.1, 0.15) is 30.7 Å². The molecule has 0 aliphatic carbocycles. The van der Waals surface area contributed by atoms with E-state index in [0.29, 0.717) is 12.0 Å². The average Bonchev–Trinajstić information content (AvgIpc) is 3.33. The van der Waals surface area contributed by atoms with Gasteiger partial charge in [0.1, 0.15) is 12.4 Å². The van der Waals surface area contributed by atoms with E-state index in [9.17, 15) is 0 Å². The van der Waals surface area contributed by atoms with Crippen LogP contribution in [0.15, 0.2) is 48.8 Å². The quantitative estimate of drug-likeness (QED) is 0.917. The number of anilines is 1. The molecule has 2 atom stereocenters. The van der Waals surface area contributed by atoms with E-state index in [1.54, 1.807) is 0 Å². The van der Waals surface area contributed by atoms with Gasteiger partial charge in [0.25, 0.3) is 0 Å². The first-order chi connectivity index (χ1) is 11.9. The first-order valence-corrected chi connectivity index (χ1v) is 8.99. The fourth-order valence-electron chi connectivity index (χ4n) is 3.75. The minimum absolute atomic E-state index is 0.489. The van der Waals surface area contributed by atoms with Gasteiger partial charge in [-0.1, -0.05) is 30.3 Å². The Morgan fingerprint density at radius 1 is 1.17 bits per heavy atom. The first-order valence-electron chi connectivity index (χ1n) is 8.99. The first kappa shape index (κ1) is 15.5. The summed E-state index contributed by atoms with van der Waals surface area (Å²) in [5.41, 5.74) is 2.61. The van der Waals surface area contributed by atoms with Crippen molar-refractivity contribution in [2.24, 2.45) is 0 Å². The number of ether oxygens (including phenoxy) is 1. The van der Waals surface area contributed by atoms with Crippen LogP contribution in [-0.4, -0.2) is 37.3 Å². The fraction of sp³-hybridized carbons (Fsp3) is 0.450. The van der Waals surface area contributed by atoms with Gasteiger partial charge in [0, 0.05) is 31.1 Å². The van der Waals surface area contributed by atoms with E-state index in [1.807, 2.05) is 12.4 Å². The van der Waals surface area contributed by atoms with Crippen molar-refractivity contribution in [3.05, 3.63) is 54.4 Å². The van der Waals surface area contributed by atoms with Gasteiger partial charge in [-0.2, -0.15) is 0 Å². The zero-order chi connectivity index (χ0) is 16.2. The molecule has 0 bridgehead atoms. The minimum atomic E-state index is 0.489. The zero-order valence-corrected chi connectivity index (χ0v) is 14.0. The lowest BCUT2D eigenvalue weighted by Crippen LogP contribution is -2.28. The van der Waals surface area contributed by atoms with Gasteiger partial charge >= 0.3 is 0 Å². The van der Waals surface area contributed by atoms with Gasteiger partial charge in [0.15, 0.2) is 0 Å². The average molecular weight is 323 g/mol. The van der Waals surface area contributed by atoms with E-state index in [-0.39, 0.29) is 0 Å². The molecule has 24 heavy (non-hydrogen) atoms. The van der Waals surface area contributed by atoms with Crippen molar-refractivity contribution in [3.63, 3.8) is 0 Å². The normalized spacial score (nSPS) is 23.6. The predicted molar refractivity (Wildman–Crippen MR) is 96.8 cm³/mol. The second kappa shape index (κ2) is 7.22. The standard InChI is InChI=1S/C20H25N3O/c1-2-5-16(6-3-1)17-8-10-23(14-17)19-11-20(13-21-12-19)24-15-18-7-4-9-22-18/h1-3,5-6,11-13,17-18,22H,4,7-10,14-15H2. The second-order valence-electron chi connectivity index (χ2n) is 6.83. The number of nitrogens with zero attached hydrogens (tertiary/aromatic N) is 2. The molecule has 2 fully saturated rings. The molecule has 2 aromatic rings. The van der Waals surface area contributed by atoms with Crippen LogP contribution < -0.4 is 15.0 Å². The lowest BCUT2D eigenvalue weighted by molar-refractivity contribution is 0.276. The Hall–Kier alpha value is -2.07. The molecule has 1 aromatic heterocycles. The highest BCUT2D eigenvalue weighted by Gasteiger charge is 2.24. The Kier molecular flexibility index (Phi) is 4.65. The largest absolute Gasteiger partial charge is 0.490 e. The molecule has 2 aliphatic rings. The molecule has 4 nitrogen and oxygen atoms in total. The summed E-state index contributed by atoms with van der Waals surface area (Å²) >= 11 is 0. The Bertz CT molecular complexity index is 655. The summed E-state index contributed by atoms with van der Waals surface area (Å²) in [5, 5.41) is 3.46. The number of nitrogens with one attached hydrogen (secondary N) is 1. The van der Waals surface area contributed by atoms with Crippen molar-refractivity contribution >= 4 is 5.69 Å². The van der Waals surface area contributed by atoms with Crippen molar-refractivity contribution in [2.45, 2.75) is 31.2 Å². The summed E-state index contributed by atoms with van der Waals surface area (Å²) in [6.45, 7) is 3.98. The molecule has 4 rings (SSSR count). The van der Waals surface area contributed by atoms with Crippen molar-refractivity contribution in [1.82, 2.24) is 10.3 Å². The number of pyridine rings is 1. The van der Waals surface area contributed by atoms with E-state index in [2.05, 4.69) is 51.6 Å². The molecule has 0 spiro atoms. The molecule has 4 heteroatoms. The topological polar surface area (TPSA) is 37.4 Å². The number of benzene rings is 1. The Morgan fingerprint density at radius 3 is 2.92 bits per heavy atom. The molecule has 0 radical (unpaired) electrons. The van der Waals surface area contributed by atoms with Gasteiger partial charge in [-0.05, 0) is 31.4 Å². The zero-order valence-electron chi connectivity index (χ0n) is 14.0. The Labute approximate surface area is 143 Å². The highest BCUT2D eigenvalue weighted by Crippen LogP contribution is 2.31. The third-order valence-corrected chi connectivity index (χ3v) is 5.14. The van der Waals surface area contributed by atoms with Gasteiger partial charge in [0.2, 0.25) is 0 Å². The summed E-state index contributed by atoms with van der Waals surface area (Å²) in [6, 6.07) is 13.4. The summed E-state index contributed by atoms with van der Waals surface area (Å²) < 4.78 is 5.95. The lowest BCUT2D eigenvalue weighted by atomic mass is 9.99. The molecule has 2 saturated heterocycles.